The van der Waals surface area contributed by atoms with E-state index in [1.54, 1.807) is 0 Å². The maximum absolute atomic E-state index is 11.9. The Kier molecular flexibility index (Phi) is 5.21. The van der Waals surface area contributed by atoms with Crippen molar-refractivity contribution >= 4 is 17.4 Å². The van der Waals surface area contributed by atoms with Crippen LogP contribution in [0.4, 0.5) is 0 Å². The van der Waals surface area contributed by atoms with Crippen LogP contribution in [0.5, 0.6) is 0 Å². The summed E-state index contributed by atoms with van der Waals surface area (Å²) in [6, 6.07) is 8.12. The molecule has 0 amide bonds. The highest BCUT2D eigenvalue weighted by Gasteiger charge is 2.14. The van der Waals surface area contributed by atoms with Crippen molar-refractivity contribution in [2.24, 2.45) is 0 Å². The molecule has 98 valence electrons. The van der Waals surface area contributed by atoms with Crippen LogP contribution in [0.3, 0.4) is 0 Å². The lowest BCUT2D eigenvalue weighted by Gasteiger charge is -2.23. The van der Waals surface area contributed by atoms with Crippen LogP contribution in [-0.4, -0.2) is 18.4 Å². The molecule has 1 atom stereocenters. The number of carbonyl (C=O) groups excluding carboxylic acids is 1. The van der Waals surface area contributed by atoms with Gasteiger partial charge in [0.2, 0.25) is 0 Å². The zero-order chi connectivity index (χ0) is 12.8. The van der Waals surface area contributed by atoms with E-state index in [1.165, 1.54) is 19.3 Å². The van der Waals surface area contributed by atoms with E-state index >= 15 is 0 Å². The summed E-state index contributed by atoms with van der Waals surface area (Å²) in [6.45, 7) is 1.10. The van der Waals surface area contributed by atoms with Gasteiger partial charge in [-0.1, -0.05) is 36.2 Å². The largest absolute Gasteiger partial charge is 0.314 e. The van der Waals surface area contributed by atoms with Gasteiger partial charge in [0.05, 0.1) is 0 Å². The third kappa shape index (κ3) is 4.11. The van der Waals surface area contributed by atoms with E-state index in [9.17, 15) is 4.79 Å². The number of ketones is 1. The van der Waals surface area contributed by atoms with Crippen LogP contribution < -0.4 is 5.32 Å². The Hall–Kier alpha value is -0.860. The van der Waals surface area contributed by atoms with Gasteiger partial charge in [-0.25, -0.2) is 0 Å². The molecule has 2 rings (SSSR count). The van der Waals surface area contributed by atoms with Crippen LogP contribution >= 0.6 is 11.6 Å². The molecule has 0 aromatic heterocycles. The minimum atomic E-state index is 0.287. The van der Waals surface area contributed by atoms with Gasteiger partial charge in [-0.2, -0.15) is 0 Å². The zero-order valence-corrected chi connectivity index (χ0v) is 11.4. The van der Waals surface area contributed by atoms with Gasteiger partial charge >= 0.3 is 0 Å². The lowest BCUT2D eigenvalue weighted by molar-refractivity contribution is -0.118. The van der Waals surface area contributed by atoms with Crippen molar-refractivity contribution in [2.75, 3.05) is 6.54 Å². The van der Waals surface area contributed by atoms with Crippen LogP contribution in [0.1, 0.15) is 37.7 Å². The lowest BCUT2D eigenvalue weighted by Crippen LogP contribution is -2.34. The smallest absolute Gasteiger partial charge is 0.137 e. The second-order valence-corrected chi connectivity index (χ2v) is 5.40. The average molecular weight is 266 g/mol. The highest BCUT2D eigenvalue weighted by Crippen LogP contribution is 2.17. The predicted molar refractivity (Wildman–Crippen MR) is 75.0 cm³/mol. The molecule has 0 bridgehead atoms. The van der Waals surface area contributed by atoms with Crippen molar-refractivity contribution in [2.45, 2.75) is 44.6 Å². The molecule has 1 fully saturated rings. The van der Waals surface area contributed by atoms with E-state index in [0.717, 1.165) is 18.5 Å². The summed E-state index contributed by atoms with van der Waals surface area (Å²) < 4.78 is 0. The number of hydrogen-bond acceptors (Lipinski definition) is 2. The molecule has 1 aromatic rings. The quantitative estimate of drug-likeness (QED) is 0.884. The fraction of sp³-hybridized carbons (Fsp3) is 0.533. The minimum absolute atomic E-state index is 0.287. The zero-order valence-electron chi connectivity index (χ0n) is 10.6. The minimum Gasteiger partial charge on any atom is -0.314 e. The highest BCUT2D eigenvalue weighted by molar-refractivity contribution is 6.31. The summed E-state index contributed by atoms with van der Waals surface area (Å²) in [6.07, 6.45) is 5.85. The Morgan fingerprint density at radius 3 is 2.89 bits per heavy atom. The molecule has 1 aliphatic heterocycles. The van der Waals surface area contributed by atoms with Gasteiger partial charge in [0.25, 0.3) is 0 Å². The van der Waals surface area contributed by atoms with E-state index < -0.39 is 0 Å². The molecule has 0 spiro atoms. The monoisotopic (exact) mass is 265 g/mol. The summed E-state index contributed by atoms with van der Waals surface area (Å²) in [7, 11) is 0. The number of Topliss-reactive ketones (excluding diaryl/α,β-unsaturated/α-hetero) is 1. The molecule has 18 heavy (non-hydrogen) atoms. The molecule has 1 unspecified atom stereocenters. The molecule has 0 aliphatic carbocycles. The third-order valence-electron chi connectivity index (χ3n) is 3.53. The molecule has 1 aliphatic rings. The average Bonchev–Trinajstić information content (AvgIpc) is 2.40. The first-order valence-corrected chi connectivity index (χ1v) is 7.12. The molecule has 0 saturated carbocycles. The van der Waals surface area contributed by atoms with E-state index in [1.807, 2.05) is 24.3 Å². The van der Waals surface area contributed by atoms with Gasteiger partial charge in [0, 0.05) is 23.9 Å². The Morgan fingerprint density at radius 2 is 2.17 bits per heavy atom. The van der Waals surface area contributed by atoms with Gasteiger partial charge in [-0.3, -0.25) is 4.79 Å². The normalized spacial score (nSPS) is 19.7. The Bertz CT molecular complexity index is 399. The molecule has 3 heteroatoms. The van der Waals surface area contributed by atoms with Crippen LogP contribution in [0.25, 0.3) is 0 Å². The van der Waals surface area contributed by atoms with Crippen molar-refractivity contribution in [1.82, 2.24) is 5.32 Å². The summed E-state index contributed by atoms with van der Waals surface area (Å²) in [4.78, 5) is 11.9. The molecule has 1 heterocycles. The molecule has 1 N–H and O–H groups in total. The maximum Gasteiger partial charge on any atom is 0.137 e. The van der Waals surface area contributed by atoms with E-state index in [-0.39, 0.29) is 5.78 Å². The highest BCUT2D eigenvalue weighted by atomic mass is 35.5. The molecule has 1 aromatic carbocycles. The third-order valence-corrected chi connectivity index (χ3v) is 3.90. The van der Waals surface area contributed by atoms with Crippen LogP contribution in [0, 0.1) is 0 Å². The van der Waals surface area contributed by atoms with Gasteiger partial charge in [-0.05, 0) is 37.4 Å². The summed E-state index contributed by atoms with van der Waals surface area (Å²) in [5.74, 6) is 0.287. The topological polar surface area (TPSA) is 29.1 Å². The maximum atomic E-state index is 11.9. The number of halogens is 1. The number of rotatable bonds is 5. The molecule has 0 radical (unpaired) electrons. The Morgan fingerprint density at radius 1 is 1.33 bits per heavy atom. The summed E-state index contributed by atoms with van der Waals surface area (Å²) in [5, 5.41) is 4.17. The molecule has 1 saturated heterocycles. The Labute approximate surface area is 114 Å². The number of hydrogen-bond donors (Lipinski definition) is 1. The van der Waals surface area contributed by atoms with Crippen molar-refractivity contribution < 1.29 is 4.79 Å². The van der Waals surface area contributed by atoms with Crippen molar-refractivity contribution in [3.05, 3.63) is 34.9 Å². The lowest BCUT2D eigenvalue weighted by atomic mass is 9.97. The first kappa shape index (κ1) is 13.6. The fourth-order valence-corrected chi connectivity index (χ4v) is 2.65. The van der Waals surface area contributed by atoms with Gasteiger partial charge < -0.3 is 5.32 Å². The van der Waals surface area contributed by atoms with Crippen molar-refractivity contribution in [3.63, 3.8) is 0 Å². The summed E-state index contributed by atoms with van der Waals surface area (Å²) >= 11 is 6.05. The number of nitrogens with one attached hydrogen (secondary N) is 1. The molecular formula is C15H20ClNO. The summed E-state index contributed by atoms with van der Waals surface area (Å²) in [5.41, 5.74) is 0.945. The van der Waals surface area contributed by atoms with Crippen molar-refractivity contribution in [1.29, 1.82) is 0 Å². The second-order valence-electron chi connectivity index (χ2n) is 4.99. The molecular weight excluding hydrogens is 246 g/mol. The second kappa shape index (κ2) is 6.91. The van der Waals surface area contributed by atoms with Crippen LogP contribution in [0.15, 0.2) is 24.3 Å². The first-order valence-electron chi connectivity index (χ1n) is 6.74. The van der Waals surface area contributed by atoms with Gasteiger partial charge in [-0.15, -0.1) is 0 Å². The van der Waals surface area contributed by atoms with Crippen molar-refractivity contribution in [3.8, 4) is 0 Å². The van der Waals surface area contributed by atoms with Gasteiger partial charge in [0.15, 0.2) is 0 Å². The van der Waals surface area contributed by atoms with E-state index in [4.69, 9.17) is 11.6 Å². The van der Waals surface area contributed by atoms with Crippen LogP contribution in [-0.2, 0) is 11.2 Å². The fourth-order valence-electron chi connectivity index (χ4n) is 2.45. The first-order chi connectivity index (χ1) is 8.75. The number of benzene rings is 1. The number of carbonyl (C=O) groups is 1. The number of piperidine rings is 1. The Balaban J connectivity index is 1.76. The van der Waals surface area contributed by atoms with Crippen LogP contribution in [0.2, 0.25) is 5.02 Å². The van der Waals surface area contributed by atoms with E-state index in [2.05, 4.69) is 5.32 Å². The predicted octanol–water partition coefficient (Wildman–Crippen LogP) is 3.37. The standard InChI is InChI=1S/C15H20ClNO/c16-15-7-2-1-5-12(15)11-14(18)9-8-13-6-3-4-10-17-13/h1-2,5,7,13,17H,3-4,6,8-11H2. The molecule has 2 nitrogen and oxygen atoms in total. The van der Waals surface area contributed by atoms with Gasteiger partial charge in [0.1, 0.15) is 5.78 Å². The SMILES string of the molecule is O=C(CCC1CCCCN1)Cc1ccccc1Cl. The van der Waals surface area contributed by atoms with E-state index in [0.29, 0.717) is 23.9 Å².